The molecule has 0 radical (unpaired) electrons. The van der Waals surface area contributed by atoms with Crippen molar-refractivity contribution in [3.8, 4) is 0 Å². The van der Waals surface area contributed by atoms with Crippen LogP contribution in [-0.4, -0.2) is 29.2 Å². The summed E-state index contributed by atoms with van der Waals surface area (Å²) in [6.45, 7) is 3.82. The number of carbonyl (C=O) groups excluding carboxylic acids is 1. The second-order valence-corrected chi connectivity index (χ2v) is 8.07. The quantitative estimate of drug-likeness (QED) is 0.360. The zero-order chi connectivity index (χ0) is 17.0. The molecule has 1 heterocycles. The Morgan fingerprint density at radius 3 is 2.42 bits per heavy atom. The number of carbonyl (C=O) groups is 1. The maximum Gasteiger partial charge on any atom is 0.197 e. The van der Waals surface area contributed by atoms with Crippen molar-refractivity contribution in [3.05, 3.63) is 35.9 Å². The van der Waals surface area contributed by atoms with Crippen LogP contribution in [0.1, 0.15) is 63.4 Å². The molecule has 0 aromatic heterocycles. The summed E-state index contributed by atoms with van der Waals surface area (Å²) in [7, 11) is 0. The van der Waals surface area contributed by atoms with Gasteiger partial charge in [0.1, 0.15) is 0 Å². The molecule has 1 aliphatic heterocycles. The first-order chi connectivity index (χ1) is 11.7. The average Bonchev–Trinajstić information content (AvgIpc) is 2.60. The van der Waals surface area contributed by atoms with Crippen molar-refractivity contribution in [1.29, 1.82) is 0 Å². The molecule has 0 atom stereocenters. The third-order valence-electron chi connectivity index (χ3n) is 5.23. The van der Waals surface area contributed by atoms with Crippen molar-refractivity contribution in [2.24, 2.45) is 5.92 Å². The van der Waals surface area contributed by atoms with Gasteiger partial charge in [0.15, 0.2) is 4.69 Å². The molecule has 0 amide bonds. The van der Waals surface area contributed by atoms with E-state index in [1.54, 1.807) is 0 Å². The number of likely N-dealkylation sites (tertiary alicyclic amines) is 1. The number of aryl methyl sites for hydroxylation is 1. The van der Waals surface area contributed by atoms with Crippen LogP contribution in [0.2, 0.25) is 0 Å². The molecule has 3 heteroatoms. The van der Waals surface area contributed by atoms with Gasteiger partial charge in [-0.15, -0.1) is 0 Å². The first-order valence-corrected chi connectivity index (χ1v) is 10.5. The number of piperidine rings is 1. The van der Waals surface area contributed by atoms with Crippen LogP contribution in [0.3, 0.4) is 0 Å². The molecule has 1 aliphatic rings. The topological polar surface area (TPSA) is 20.3 Å². The summed E-state index contributed by atoms with van der Waals surface area (Å²) in [6, 6.07) is 10.9. The first kappa shape index (κ1) is 19.7. The van der Waals surface area contributed by atoms with Crippen LogP contribution < -0.4 is 0 Å². The normalized spacial score (nSPS) is 16.4. The van der Waals surface area contributed by atoms with E-state index < -0.39 is 0 Å². The lowest BCUT2D eigenvalue weighted by Gasteiger charge is -2.32. The summed E-state index contributed by atoms with van der Waals surface area (Å²) < 4.78 is 0.150. The average molecular weight is 394 g/mol. The maximum atomic E-state index is 10.8. The van der Waals surface area contributed by atoms with Crippen molar-refractivity contribution in [1.82, 2.24) is 4.90 Å². The Bertz CT molecular complexity index is 454. The number of benzene rings is 1. The van der Waals surface area contributed by atoms with E-state index in [4.69, 9.17) is 0 Å². The van der Waals surface area contributed by atoms with Gasteiger partial charge in [0.2, 0.25) is 0 Å². The zero-order valence-electron chi connectivity index (χ0n) is 14.9. The highest BCUT2D eigenvalue weighted by atomic mass is 79.9. The van der Waals surface area contributed by atoms with Crippen molar-refractivity contribution < 1.29 is 4.79 Å². The summed E-state index contributed by atoms with van der Waals surface area (Å²) in [4.78, 5) is 13.5. The number of unbranched alkanes of at least 4 members (excludes halogenated alkanes) is 3. The molecule has 1 saturated heterocycles. The lowest BCUT2D eigenvalue weighted by atomic mass is 9.90. The summed E-state index contributed by atoms with van der Waals surface area (Å²) in [5.74, 6) is 0.940. The molecule has 0 aliphatic carbocycles. The monoisotopic (exact) mass is 393 g/mol. The summed E-state index contributed by atoms with van der Waals surface area (Å²) in [5.41, 5.74) is 1.48. The van der Waals surface area contributed by atoms with Gasteiger partial charge in [-0.3, -0.25) is 4.79 Å². The Balaban J connectivity index is 1.47. The van der Waals surface area contributed by atoms with Gasteiger partial charge in [0.05, 0.1) is 0 Å². The van der Waals surface area contributed by atoms with E-state index in [0.717, 1.165) is 12.3 Å². The van der Waals surface area contributed by atoms with Crippen LogP contribution in [0.15, 0.2) is 30.3 Å². The van der Waals surface area contributed by atoms with Crippen LogP contribution in [0.4, 0.5) is 0 Å². The third kappa shape index (κ3) is 8.43. The second kappa shape index (κ2) is 11.8. The van der Waals surface area contributed by atoms with Crippen molar-refractivity contribution in [2.45, 2.75) is 64.2 Å². The van der Waals surface area contributed by atoms with Gasteiger partial charge in [0, 0.05) is 6.42 Å². The molecule has 134 valence electrons. The SMILES string of the molecule is O=C(Br)CCCCCCN1CCC(CCCc2ccccc2)CC1. The largest absolute Gasteiger partial charge is 0.303 e. The Morgan fingerprint density at radius 1 is 1.00 bits per heavy atom. The van der Waals surface area contributed by atoms with Gasteiger partial charge < -0.3 is 4.90 Å². The number of rotatable bonds is 11. The van der Waals surface area contributed by atoms with E-state index >= 15 is 0 Å². The summed E-state index contributed by atoms with van der Waals surface area (Å²) in [5, 5.41) is 0. The fraction of sp³-hybridized carbons (Fsp3) is 0.667. The zero-order valence-corrected chi connectivity index (χ0v) is 16.5. The third-order valence-corrected chi connectivity index (χ3v) is 5.62. The van der Waals surface area contributed by atoms with E-state index in [2.05, 4.69) is 51.2 Å². The van der Waals surface area contributed by atoms with E-state index in [1.165, 1.54) is 76.6 Å². The van der Waals surface area contributed by atoms with Gasteiger partial charge in [0.25, 0.3) is 0 Å². The maximum absolute atomic E-state index is 10.8. The molecule has 1 fully saturated rings. The smallest absolute Gasteiger partial charge is 0.197 e. The van der Waals surface area contributed by atoms with Gasteiger partial charge in [-0.1, -0.05) is 49.6 Å². The highest BCUT2D eigenvalue weighted by Crippen LogP contribution is 2.23. The fourth-order valence-electron chi connectivity index (χ4n) is 3.69. The predicted octanol–water partition coefficient (Wildman–Crippen LogP) is 5.59. The van der Waals surface area contributed by atoms with E-state index in [9.17, 15) is 4.79 Å². The van der Waals surface area contributed by atoms with Gasteiger partial charge >= 0.3 is 0 Å². The minimum absolute atomic E-state index is 0.150. The standard InChI is InChI=1S/C21H32BrNO/c22-21(24)13-6-1-2-7-16-23-17-14-20(15-18-23)12-8-11-19-9-4-3-5-10-19/h3-5,9-10,20H,1-2,6-8,11-18H2. The van der Waals surface area contributed by atoms with E-state index in [1.807, 2.05) is 0 Å². The number of hydrogen-bond donors (Lipinski definition) is 0. The highest BCUT2D eigenvalue weighted by Gasteiger charge is 2.18. The Labute approximate surface area is 156 Å². The molecular formula is C21H32BrNO. The van der Waals surface area contributed by atoms with Crippen LogP contribution in [0.25, 0.3) is 0 Å². The molecule has 0 N–H and O–H groups in total. The Morgan fingerprint density at radius 2 is 1.71 bits per heavy atom. The molecule has 1 aromatic rings. The van der Waals surface area contributed by atoms with Crippen LogP contribution in [-0.2, 0) is 11.2 Å². The molecule has 0 spiro atoms. The Hall–Kier alpha value is -0.670. The molecular weight excluding hydrogens is 362 g/mol. The van der Waals surface area contributed by atoms with E-state index in [0.29, 0.717) is 6.42 Å². The lowest BCUT2D eigenvalue weighted by molar-refractivity contribution is -0.110. The minimum Gasteiger partial charge on any atom is -0.303 e. The number of halogens is 1. The van der Waals surface area contributed by atoms with Crippen LogP contribution in [0.5, 0.6) is 0 Å². The Kier molecular flexibility index (Phi) is 9.67. The van der Waals surface area contributed by atoms with Crippen LogP contribution >= 0.6 is 15.9 Å². The first-order valence-electron chi connectivity index (χ1n) is 9.68. The minimum atomic E-state index is 0.150. The van der Waals surface area contributed by atoms with Gasteiger partial charge in [-0.05, 0) is 85.6 Å². The lowest BCUT2D eigenvalue weighted by Crippen LogP contribution is -2.34. The van der Waals surface area contributed by atoms with Gasteiger partial charge in [-0.25, -0.2) is 0 Å². The number of hydrogen-bond acceptors (Lipinski definition) is 2. The summed E-state index contributed by atoms with van der Waals surface area (Å²) in [6.07, 6.45) is 12.2. The van der Waals surface area contributed by atoms with Crippen LogP contribution in [0, 0.1) is 5.92 Å². The molecule has 0 saturated carbocycles. The molecule has 2 nitrogen and oxygen atoms in total. The van der Waals surface area contributed by atoms with Crippen molar-refractivity contribution in [2.75, 3.05) is 19.6 Å². The molecule has 24 heavy (non-hydrogen) atoms. The molecule has 0 unspecified atom stereocenters. The van der Waals surface area contributed by atoms with Gasteiger partial charge in [-0.2, -0.15) is 0 Å². The van der Waals surface area contributed by atoms with Crippen molar-refractivity contribution in [3.63, 3.8) is 0 Å². The predicted molar refractivity (Wildman–Crippen MR) is 106 cm³/mol. The highest BCUT2D eigenvalue weighted by molar-refractivity contribution is 9.18. The number of nitrogens with zero attached hydrogens (tertiary/aromatic N) is 1. The fourth-order valence-corrected chi connectivity index (χ4v) is 3.97. The summed E-state index contributed by atoms with van der Waals surface area (Å²) >= 11 is 3.00. The van der Waals surface area contributed by atoms with E-state index in [-0.39, 0.29) is 4.69 Å². The second-order valence-electron chi connectivity index (χ2n) is 7.18. The molecule has 1 aromatic carbocycles. The molecule has 2 rings (SSSR count). The van der Waals surface area contributed by atoms with Crippen molar-refractivity contribution >= 4 is 20.6 Å². The molecule has 0 bridgehead atoms.